The van der Waals surface area contributed by atoms with E-state index < -0.39 is 0 Å². The largest absolute Gasteiger partial charge is 0.379 e. The van der Waals surface area contributed by atoms with Crippen LogP contribution in [0.1, 0.15) is 23.6 Å². The van der Waals surface area contributed by atoms with E-state index in [0.717, 1.165) is 62.6 Å². The van der Waals surface area contributed by atoms with Crippen LogP contribution in [-0.4, -0.2) is 53.8 Å². The standard InChI is InChI=1S/C25H30N4O2/c1-3-29-17-20(16-28-8-10-31-11-9-28)24(30)23-14-22(15-26-25(23)29)27(2)21-12-18-6-4-5-7-19(18)13-21/h4-7,14-15,17,21H,3,8-13,16H2,1-2H3. The molecule has 0 amide bonds. The number of aromatic nitrogens is 2. The Morgan fingerprint density at radius 1 is 1.16 bits per heavy atom. The van der Waals surface area contributed by atoms with Gasteiger partial charge < -0.3 is 14.2 Å². The van der Waals surface area contributed by atoms with Crippen molar-refractivity contribution in [3.8, 4) is 0 Å². The summed E-state index contributed by atoms with van der Waals surface area (Å²) < 4.78 is 7.56. The number of pyridine rings is 2. The monoisotopic (exact) mass is 418 g/mol. The molecule has 1 aliphatic carbocycles. The fourth-order valence-electron chi connectivity index (χ4n) is 4.89. The van der Waals surface area contributed by atoms with Crippen LogP contribution < -0.4 is 10.3 Å². The van der Waals surface area contributed by atoms with Crippen molar-refractivity contribution in [3.05, 3.63) is 69.6 Å². The SMILES string of the molecule is CCn1cc(CN2CCOCC2)c(=O)c2cc(N(C)C3Cc4ccccc4C3)cnc21. The summed E-state index contributed by atoms with van der Waals surface area (Å²) in [6.45, 7) is 6.74. The minimum absolute atomic E-state index is 0.101. The van der Waals surface area contributed by atoms with E-state index in [1.165, 1.54) is 11.1 Å². The molecule has 0 spiro atoms. The highest BCUT2D eigenvalue weighted by atomic mass is 16.5. The number of likely N-dealkylation sites (N-methyl/N-ethyl adjacent to an activating group) is 1. The van der Waals surface area contributed by atoms with Crippen LogP contribution in [0.2, 0.25) is 0 Å². The maximum absolute atomic E-state index is 13.4. The molecule has 3 aromatic rings. The van der Waals surface area contributed by atoms with Gasteiger partial charge in [0.1, 0.15) is 5.65 Å². The van der Waals surface area contributed by atoms with E-state index in [-0.39, 0.29) is 5.43 Å². The van der Waals surface area contributed by atoms with Crippen LogP contribution in [0.25, 0.3) is 11.0 Å². The normalized spacial score (nSPS) is 17.2. The molecule has 1 saturated heterocycles. The van der Waals surface area contributed by atoms with Crippen molar-refractivity contribution in [3.63, 3.8) is 0 Å². The summed E-state index contributed by atoms with van der Waals surface area (Å²) in [5.74, 6) is 0. The molecule has 2 aliphatic rings. The second-order valence-corrected chi connectivity index (χ2v) is 8.66. The molecule has 3 heterocycles. The number of fused-ring (bicyclic) bond motifs is 2. The zero-order valence-electron chi connectivity index (χ0n) is 18.4. The molecule has 1 aromatic carbocycles. The Hall–Kier alpha value is -2.70. The fourth-order valence-corrected chi connectivity index (χ4v) is 4.89. The van der Waals surface area contributed by atoms with Crippen LogP contribution in [-0.2, 0) is 30.7 Å². The summed E-state index contributed by atoms with van der Waals surface area (Å²) >= 11 is 0. The lowest BCUT2D eigenvalue weighted by atomic mass is 10.1. The maximum Gasteiger partial charge on any atom is 0.195 e. The van der Waals surface area contributed by atoms with Crippen LogP contribution in [0.3, 0.4) is 0 Å². The molecule has 1 aliphatic heterocycles. The third-order valence-electron chi connectivity index (χ3n) is 6.80. The summed E-state index contributed by atoms with van der Waals surface area (Å²) in [5.41, 5.74) is 5.57. The van der Waals surface area contributed by atoms with Crippen LogP contribution in [0.15, 0.2) is 47.5 Å². The van der Waals surface area contributed by atoms with Crippen molar-refractivity contribution in [2.75, 3.05) is 38.3 Å². The predicted octanol–water partition coefficient (Wildman–Crippen LogP) is 2.85. The number of hydrogen-bond acceptors (Lipinski definition) is 5. The summed E-state index contributed by atoms with van der Waals surface area (Å²) in [7, 11) is 2.12. The number of nitrogens with zero attached hydrogens (tertiary/aromatic N) is 4. The van der Waals surface area contributed by atoms with E-state index in [9.17, 15) is 4.79 Å². The first-order valence-electron chi connectivity index (χ1n) is 11.3. The van der Waals surface area contributed by atoms with E-state index in [0.29, 0.717) is 18.0 Å². The highest BCUT2D eigenvalue weighted by Crippen LogP contribution is 2.28. The van der Waals surface area contributed by atoms with Crippen molar-refractivity contribution in [2.45, 2.75) is 38.9 Å². The maximum atomic E-state index is 13.4. The van der Waals surface area contributed by atoms with Gasteiger partial charge in [0.2, 0.25) is 0 Å². The molecule has 0 saturated carbocycles. The number of aryl methyl sites for hydroxylation is 1. The molecular weight excluding hydrogens is 388 g/mol. The number of hydrogen-bond donors (Lipinski definition) is 0. The summed E-state index contributed by atoms with van der Waals surface area (Å²) in [6.07, 6.45) is 5.96. The molecule has 6 nitrogen and oxygen atoms in total. The molecule has 0 atom stereocenters. The average molecular weight is 419 g/mol. The molecular formula is C25H30N4O2. The first-order chi connectivity index (χ1) is 15.1. The second kappa shape index (κ2) is 8.44. The van der Waals surface area contributed by atoms with Gasteiger partial charge in [0.15, 0.2) is 5.43 Å². The highest BCUT2D eigenvalue weighted by Gasteiger charge is 2.25. The number of morpholine rings is 1. The van der Waals surface area contributed by atoms with Crippen molar-refractivity contribution >= 4 is 16.7 Å². The lowest BCUT2D eigenvalue weighted by Crippen LogP contribution is -2.37. The van der Waals surface area contributed by atoms with E-state index in [1.54, 1.807) is 0 Å². The Labute approximate surface area is 183 Å². The van der Waals surface area contributed by atoms with Crippen molar-refractivity contribution in [1.82, 2.24) is 14.5 Å². The van der Waals surface area contributed by atoms with Gasteiger partial charge in [-0.15, -0.1) is 0 Å². The molecule has 2 aromatic heterocycles. The summed E-state index contributed by atoms with van der Waals surface area (Å²) in [6, 6.07) is 11.1. The zero-order valence-corrected chi connectivity index (χ0v) is 18.4. The third-order valence-corrected chi connectivity index (χ3v) is 6.80. The first kappa shape index (κ1) is 20.2. The van der Waals surface area contributed by atoms with Gasteiger partial charge >= 0.3 is 0 Å². The van der Waals surface area contributed by atoms with Crippen molar-refractivity contribution in [1.29, 1.82) is 0 Å². The van der Waals surface area contributed by atoms with E-state index in [2.05, 4.69) is 52.6 Å². The second-order valence-electron chi connectivity index (χ2n) is 8.66. The molecule has 31 heavy (non-hydrogen) atoms. The molecule has 0 unspecified atom stereocenters. The van der Waals surface area contributed by atoms with Gasteiger partial charge in [-0.25, -0.2) is 4.98 Å². The predicted molar refractivity (Wildman–Crippen MR) is 124 cm³/mol. The van der Waals surface area contributed by atoms with Crippen molar-refractivity contribution < 1.29 is 4.74 Å². The fraction of sp³-hybridized carbons (Fsp3) is 0.440. The number of rotatable bonds is 5. The van der Waals surface area contributed by atoms with Crippen LogP contribution >= 0.6 is 0 Å². The molecule has 0 radical (unpaired) electrons. The van der Waals surface area contributed by atoms with Crippen molar-refractivity contribution in [2.24, 2.45) is 0 Å². The van der Waals surface area contributed by atoms with E-state index in [4.69, 9.17) is 9.72 Å². The molecule has 1 fully saturated rings. The van der Waals surface area contributed by atoms with Gasteiger partial charge in [0.05, 0.1) is 30.5 Å². The molecule has 0 bridgehead atoms. The minimum Gasteiger partial charge on any atom is -0.379 e. The van der Waals surface area contributed by atoms with Gasteiger partial charge in [0, 0.05) is 51.0 Å². The Morgan fingerprint density at radius 2 is 1.87 bits per heavy atom. The van der Waals surface area contributed by atoms with Crippen LogP contribution in [0, 0.1) is 0 Å². The summed E-state index contributed by atoms with van der Waals surface area (Å²) in [4.78, 5) is 22.7. The van der Waals surface area contributed by atoms with Gasteiger partial charge in [0.25, 0.3) is 0 Å². The quantitative estimate of drug-likeness (QED) is 0.638. The smallest absolute Gasteiger partial charge is 0.195 e. The Bertz CT molecular complexity index is 1120. The van der Waals surface area contributed by atoms with Gasteiger partial charge in [-0.3, -0.25) is 9.69 Å². The first-order valence-corrected chi connectivity index (χ1v) is 11.3. The number of anilines is 1. The van der Waals surface area contributed by atoms with Crippen LogP contribution in [0.4, 0.5) is 5.69 Å². The Balaban J connectivity index is 1.48. The average Bonchev–Trinajstić information content (AvgIpc) is 3.25. The van der Waals surface area contributed by atoms with E-state index in [1.807, 2.05) is 18.5 Å². The van der Waals surface area contributed by atoms with Gasteiger partial charge in [-0.1, -0.05) is 24.3 Å². The third kappa shape index (κ3) is 3.86. The lowest BCUT2D eigenvalue weighted by Gasteiger charge is -2.27. The molecule has 6 heteroatoms. The zero-order chi connectivity index (χ0) is 21.4. The minimum atomic E-state index is 0.101. The highest BCUT2D eigenvalue weighted by molar-refractivity contribution is 5.79. The van der Waals surface area contributed by atoms with E-state index >= 15 is 0 Å². The van der Waals surface area contributed by atoms with Crippen LogP contribution in [0.5, 0.6) is 0 Å². The Kier molecular flexibility index (Phi) is 5.50. The number of ether oxygens (including phenoxy) is 1. The topological polar surface area (TPSA) is 50.6 Å². The van der Waals surface area contributed by atoms with Gasteiger partial charge in [-0.05, 0) is 37.0 Å². The summed E-state index contributed by atoms with van der Waals surface area (Å²) in [5, 5.41) is 0.715. The number of benzene rings is 1. The molecule has 162 valence electrons. The van der Waals surface area contributed by atoms with Gasteiger partial charge in [-0.2, -0.15) is 0 Å². The Morgan fingerprint density at radius 3 is 2.55 bits per heavy atom. The molecule has 5 rings (SSSR count). The molecule has 0 N–H and O–H groups in total. The lowest BCUT2D eigenvalue weighted by molar-refractivity contribution is 0.0340.